The summed E-state index contributed by atoms with van der Waals surface area (Å²) in [6, 6.07) is 5.98. The van der Waals surface area contributed by atoms with Crippen LogP contribution < -0.4 is 24.8 Å². The first-order valence-electron chi connectivity index (χ1n) is 9.60. The van der Waals surface area contributed by atoms with Gasteiger partial charge in [0.25, 0.3) is 5.91 Å². The minimum Gasteiger partial charge on any atom is -0.493 e. The summed E-state index contributed by atoms with van der Waals surface area (Å²) in [6.07, 6.45) is -4.47. The second-order valence-electron chi connectivity index (χ2n) is 7.17. The van der Waals surface area contributed by atoms with Crippen molar-refractivity contribution in [2.24, 2.45) is 5.92 Å². The number of carbonyl (C=O) groups excluding carboxylic acids is 2. The van der Waals surface area contributed by atoms with Crippen molar-refractivity contribution in [2.45, 2.75) is 26.1 Å². The number of benzene rings is 2. The Morgan fingerprint density at radius 1 is 0.906 bits per heavy atom. The average molecular weight is 454 g/mol. The van der Waals surface area contributed by atoms with E-state index in [2.05, 4.69) is 10.6 Å². The third-order valence-electron chi connectivity index (χ3n) is 4.64. The molecule has 0 aliphatic rings. The lowest BCUT2D eigenvalue weighted by molar-refractivity contribution is -0.137. The number of hydrogen-bond acceptors (Lipinski definition) is 5. The molecule has 1 unspecified atom stereocenters. The SMILES string of the molecule is COc1cc(C(=O)NC(C(=O)Nc2ccc(C(F)(F)F)cc2)C(C)C)cc(OC)c1OC. The van der Waals surface area contributed by atoms with E-state index in [-0.39, 0.29) is 28.7 Å². The fourth-order valence-corrected chi connectivity index (χ4v) is 2.93. The van der Waals surface area contributed by atoms with Crippen LogP contribution in [0.1, 0.15) is 29.8 Å². The molecule has 2 amide bonds. The Morgan fingerprint density at radius 2 is 1.44 bits per heavy atom. The lowest BCUT2D eigenvalue weighted by Crippen LogP contribution is -2.47. The molecule has 0 bridgehead atoms. The van der Waals surface area contributed by atoms with Crippen LogP contribution >= 0.6 is 0 Å². The van der Waals surface area contributed by atoms with Crippen molar-refractivity contribution in [2.75, 3.05) is 26.6 Å². The maximum atomic E-state index is 12.8. The molecule has 0 radical (unpaired) electrons. The molecule has 0 aliphatic heterocycles. The number of carbonyl (C=O) groups is 2. The Kier molecular flexibility index (Phi) is 7.96. The molecule has 1 atom stereocenters. The Hall–Kier alpha value is -3.43. The lowest BCUT2D eigenvalue weighted by atomic mass is 10.0. The predicted molar refractivity (Wildman–Crippen MR) is 112 cm³/mol. The summed E-state index contributed by atoms with van der Waals surface area (Å²) in [5, 5.41) is 5.18. The number of alkyl halides is 3. The quantitative estimate of drug-likeness (QED) is 0.627. The Labute approximate surface area is 183 Å². The van der Waals surface area contributed by atoms with Crippen molar-refractivity contribution in [3.63, 3.8) is 0 Å². The minimum absolute atomic E-state index is 0.174. The monoisotopic (exact) mass is 454 g/mol. The zero-order chi connectivity index (χ0) is 24.1. The van der Waals surface area contributed by atoms with E-state index in [1.54, 1.807) is 13.8 Å². The van der Waals surface area contributed by atoms with Crippen LogP contribution in [0.3, 0.4) is 0 Å². The van der Waals surface area contributed by atoms with Gasteiger partial charge in [0.1, 0.15) is 6.04 Å². The van der Waals surface area contributed by atoms with Gasteiger partial charge in [0, 0.05) is 11.3 Å². The molecular weight excluding hydrogens is 429 g/mol. The van der Waals surface area contributed by atoms with Crippen molar-refractivity contribution < 1.29 is 37.0 Å². The molecule has 0 spiro atoms. The van der Waals surface area contributed by atoms with Gasteiger partial charge in [0.05, 0.1) is 26.9 Å². The van der Waals surface area contributed by atoms with E-state index in [9.17, 15) is 22.8 Å². The normalized spacial score (nSPS) is 12.2. The number of halogens is 3. The Balaban J connectivity index is 2.21. The van der Waals surface area contributed by atoms with Crippen molar-refractivity contribution in [3.05, 3.63) is 47.5 Å². The molecule has 0 aromatic heterocycles. The summed E-state index contributed by atoms with van der Waals surface area (Å²) >= 11 is 0. The fourth-order valence-electron chi connectivity index (χ4n) is 2.93. The van der Waals surface area contributed by atoms with Gasteiger partial charge in [-0.15, -0.1) is 0 Å². The zero-order valence-corrected chi connectivity index (χ0v) is 18.3. The van der Waals surface area contributed by atoms with Crippen LogP contribution in [0.15, 0.2) is 36.4 Å². The second-order valence-corrected chi connectivity index (χ2v) is 7.17. The van der Waals surface area contributed by atoms with Gasteiger partial charge in [-0.05, 0) is 42.3 Å². The molecule has 0 saturated heterocycles. The third kappa shape index (κ3) is 5.83. The van der Waals surface area contributed by atoms with Gasteiger partial charge >= 0.3 is 6.18 Å². The molecule has 174 valence electrons. The third-order valence-corrected chi connectivity index (χ3v) is 4.64. The molecule has 0 saturated carbocycles. The maximum Gasteiger partial charge on any atom is 0.416 e. The molecule has 7 nitrogen and oxygen atoms in total. The van der Waals surface area contributed by atoms with Crippen molar-refractivity contribution in [1.82, 2.24) is 5.32 Å². The number of ether oxygens (including phenoxy) is 3. The first-order valence-corrected chi connectivity index (χ1v) is 9.60. The second kappa shape index (κ2) is 10.3. The molecule has 0 aliphatic carbocycles. The number of rotatable bonds is 8. The largest absolute Gasteiger partial charge is 0.493 e. The van der Waals surface area contributed by atoms with E-state index >= 15 is 0 Å². The maximum absolute atomic E-state index is 12.8. The summed E-state index contributed by atoms with van der Waals surface area (Å²) in [7, 11) is 4.25. The van der Waals surface area contributed by atoms with Crippen molar-refractivity contribution in [3.8, 4) is 17.2 Å². The number of methoxy groups -OCH3 is 3. The number of hydrogen-bond donors (Lipinski definition) is 2. The van der Waals surface area contributed by atoms with E-state index in [0.717, 1.165) is 24.3 Å². The Bertz CT molecular complexity index is 934. The number of anilines is 1. The van der Waals surface area contributed by atoms with Crippen LogP contribution in [0, 0.1) is 5.92 Å². The summed E-state index contributed by atoms with van der Waals surface area (Å²) in [5.41, 5.74) is -0.477. The molecule has 0 heterocycles. The molecule has 2 N–H and O–H groups in total. The van der Waals surface area contributed by atoms with E-state index < -0.39 is 29.6 Å². The molecule has 0 fully saturated rings. The summed E-state index contributed by atoms with van der Waals surface area (Å²) in [4.78, 5) is 25.6. The van der Waals surface area contributed by atoms with E-state index in [1.165, 1.54) is 33.5 Å². The Morgan fingerprint density at radius 3 is 1.84 bits per heavy atom. The van der Waals surface area contributed by atoms with Crippen LogP contribution in [0.25, 0.3) is 0 Å². The molecule has 10 heteroatoms. The predicted octanol–water partition coefficient (Wildman–Crippen LogP) is 4.12. The molecular formula is C22H25F3N2O5. The highest BCUT2D eigenvalue weighted by Crippen LogP contribution is 2.38. The van der Waals surface area contributed by atoms with Gasteiger partial charge in [0.2, 0.25) is 11.7 Å². The smallest absolute Gasteiger partial charge is 0.416 e. The van der Waals surface area contributed by atoms with Gasteiger partial charge in [-0.3, -0.25) is 9.59 Å². The van der Waals surface area contributed by atoms with Crippen LogP contribution in [0.2, 0.25) is 0 Å². The summed E-state index contributed by atoms with van der Waals surface area (Å²) < 4.78 is 53.9. The van der Waals surface area contributed by atoms with Gasteiger partial charge in [-0.25, -0.2) is 0 Å². The highest BCUT2D eigenvalue weighted by molar-refractivity contribution is 6.01. The average Bonchev–Trinajstić information content (AvgIpc) is 2.75. The summed E-state index contributed by atoms with van der Waals surface area (Å²) in [6.45, 7) is 3.46. The van der Waals surface area contributed by atoms with E-state index in [1.807, 2.05) is 0 Å². The van der Waals surface area contributed by atoms with E-state index in [0.29, 0.717) is 5.75 Å². The minimum atomic E-state index is -4.47. The highest BCUT2D eigenvalue weighted by Gasteiger charge is 2.30. The van der Waals surface area contributed by atoms with Gasteiger partial charge in [0.15, 0.2) is 11.5 Å². The van der Waals surface area contributed by atoms with Crippen molar-refractivity contribution >= 4 is 17.5 Å². The van der Waals surface area contributed by atoms with Crippen LogP contribution in [-0.4, -0.2) is 39.2 Å². The first kappa shape index (κ1) is 24.8. The van der Waals surface area contributed by atoms with Gasteiger partial charge < -0.3 is 24.8 Å². The van der Waals surface area contributed by atoms with Crippen LogP contribution in [-0.2, 0) is 11.0 Å². The highest BCUT2D eigenvalue weighted by atomic mass is 19.4. The fraction of sp³-hybridized carbons (Fsp3) is 0.364. The number of amides is 2. The first-order chi connectivity index (χ1) is 15.0. The van der Waals surface area contributed by atoms with Crippen LogP contribution in [0.5, 0.6) is 17.2 Å². The number of nitrogens with one attached hydrogen (secondary N) is 2. The standard InChI is InChI=1S/C22H25F3N2O5/c1-12(2)18(21(29)26-15-8-6-14(7-9-15)22(23,24)25)27-20(28)13-10-16(30-3)19(32-5)17(11-13)31-4/h6-12,18H,1-5H3,(H,26,29)(H,27,28). The van der Waals surface area contributed by atoms with Gasteiger partial charge in [-0.2, -0.15) is 13.2 Å². The molecule has 2 rings (SSSR count). The van der Waals surface area contributed by atoms with E-state index in [4.69, 9.17) is 14.2 Å². The zero-order valence-electron chi connectivity index (χ0n) is 18.3. The topological polar surface area (TPSA) is 85.9 Å². The lowest BCUT2D eigenvalue weighted by Gasteiger charge is -2.22. The molecule has 2 aromatic rings. The van der Waals surface area contributed by atoms with Gasteiger partial charge in [-0.1, -0.05) is 13.8 Å². The molecule has 2 aromatic carbocycles. The van der Waals surface area contributed by atoms with Crippen LogP contribution in [0.4, 0.5) is 18.9 Å². The summed E-state index contributed by atoms with van der Waals surface area (Å²) in [5.74, 6) is -0.590. The molecule has 32 heavy (non-hydrogen) atoms. The van der Waals surface area contributed by atoms with Crippen molar-refractivity contribution in [1.29, 1.82) is 0 Å².